The van der Waals surface area contributed by atoms with Crippen LogP contribution in [0.2, 0.25) is 0 Å². The first kappa shape index (κ1) is 16.6. The minimum absolute atomic E-state index is 0.00715. The fourth-order valence-corrected chi connectivity index (χ4v) is 4.49. The van der Waals surface area contributed by atoms with Gasteiger partial charge in [0.2, 0.25) is 0 Å². The summed E-state index contributed by atoms with van der Waals surface area (Å²) in [5, 5.41) is 29.4. The van der Waals surface area contributed by atoms with E-state index in [1.807, 2.05) is 6.07 Å². The number of carbonyl (C=O) groups is 1. The van der Waals surface area contributed by atoms with E-state index >= 15 is 0 Å². The van der Waals surface area contributed by atoms with Gasteiger partial charge in [-0.2, -0.15) is 0 Å². The van der Waals surface area contributed by atoms with Gasteiger partial charge in [-0.05, 0) is 30.3 Å². The largest absolute Gasteiger partial charge is 0.508 e. The van der Waals surface area contributed by atoms with Crippen molar-refractivity contribution < 1.29 is 24.5 Å². The Morgan fingerprint density at radius 2 is 1.57 bits per heavy atom. The van der Waals surface area contributed by atoms with E-state index in [4.69, 9.17) is 14.9 Å². The lowest BCUT2D eigenvalue weighted by Gasteiger charge is -2.36. The smallest absolute Gasteiger partial charge is 0.341 e. The van der Waals surface area contributed by atoms with Crippen molar-refractivity contribution in [3.05, 3.63) is 76.9 Å². The van der Waals surface area contributed by atoms with Crippen molar-refractivity contribution in [2.45, 2.75) is 10.5 Å². The third kappa shape index (κ3) is 2.08. The van der Waals surface area contributed by atoms with Crippen molar-refractivity contribution in [3.8, 4) is 23.0 Å². The van der Waals surface area contributed by atoms with Crippen LogP contribution >= 0.6 is 11.4 Å². The first-order valence-corrected chi connectivity index (χ1v) is 9.28. The molecule has 138 valence electrons. The van der Waals surface area contributed by atoms with Crippen LogP contribution in [0.15, 0.2) is 59.5 Å². The molecule has 0 fully saturated rings. The molecule has 3 aromatic carbocycles. The predicted octanol–water partition coefficient (Wildman–Crippen LogP) is 3.97. The zero-order valence-corrected chi connectivity index (χ0v) is 15.2. The van der Waals surface area contributed by atoms with E-state index in [0.717, 1.165) is 0 Å². The maximum atomic E-state index is 12.9. The summed E-state index contributed by atoms with van der Waals surface area (Å²) in [6, 6.07) is 14.6. The number of isothiocyanates is 1. The van der Waals surface area contributed by atoms with Crippen LogP contribution in [0.3, 0.4) is 0 Å². The number of hydrogen-bond donors (Lipinski definition) is 4. The van der Waals surface area contributed by atoms with Gasteiger partial charge < -0.3 is 19.7 Å². The van der Waals surface area contributed by atoms with Crippen LogP contribution in [0.1, 0.15) is 27.0 Å². The van der Waals surface area contributed by atoms with E-state index < -0.39 is 11.6 Å². The minimum Gasteiger partial charge on any atom is -0.508 e. The number of thiol groups is 1. The number of ether oxygens (including phenoxy) is 2. The van der Waals surface area contributed by atoms with E-state index in [-0.39, 0.29) is 11.5 Å². The highest BCUT2D eigenvalue weighted by atomic mass is 32.1. The number of fused-ring (bicyclic) bond motifs is 6. The normalized spacial score (nSPS) is 15.1. The van der Waals surface area contributed by atoms with Crippen LogP contribution in [0, 0.1) is 5.41 Å². The van der Waals surface area contributed by atoms with Crippen LogP contribution in [-0.2, 0) is 10.3 Å². The third-order valence-corrected chi connectivity index (χ3v) is 5.68. The standard InChI is InChI=1S/C21H13NO5S/c22-10-28-18-3-1-2-15-19(18)20(25)27-21(15)13-6-4-11(23)8-16(13)26-17-9-12(24)5-7-14(17)21/h1-9,22-24,28H. The molecule has 0 radical (unpaired) electrons. The van der Waals surface area contributed by atoms with Crippen LogP contribution in [0.4, 0.5) is 0 Å². The number of benzene rings is 3. The predicted molar refractivity (Wildman–Crippen MR) is 103 cm³/mol. The molecule has 0 atom stereocenters. The monoisotopic (exact) mass is 391 g/mol. The molecule has 2 heterocycles. The number of esters is 1. The molecule has 0 saturated carbocycles. The van der Waals surface area contributed by atoms with Crippen LogP contribution in [0.5, 0.6) is 23.0 Å². The second-order valence-electron chi connectivity index (χ2n) is 6.46. The van der Waals surface area contributed by atoms with Gasteiger partial charge in [-0.3, -0.25) is 5.41 Å². The summed E-state index contributed by atoms with van der Waals surface area (Å²) in [5.41, 5.74) is 0.889. The van der Waals surface area contributed by atoms with Crippen molar-refractivity contribution in [1.82, 2.24) is 0 Å². The lowest BCUT2D eigenvalue weighted by molar-refractivity contribution is 0.0222. The molecule has 0 aromatic heterocycles. The molecule has 7 heteroatoms. The summed E-state index contributed by atoms with van der Waals surface area (Å²) in [7, 11) is 0. The molecule has 0 amide bonds. The van der Waals surface area contributed by atoms with Crippen molar-refractivity contribution in [1.29, 1.82) is 5.41 Å². The molecule has 5 rings (SSSR count). The van der Waals surface area contributed by atoms with Crippen LogP contribution in [-0.4, -0.2) is 21.3 Å². The molecular weight excluding hydrogens is 378 g/mol. The Morgan fingerprint density at radius 1 is 0.929 bits per heavy atom. The van der Waals surface area contributed by atoms with Gasteiger partial charge in [0.1, 0.15) is 23.0 Å². The summed E-state index contributed by atoms with van der Waals surface area (Å²) in [5.74, 6) is 0.175. The summed E-state index contributed by atoms with van der Waals surface area (Å²) in [4.78, 5) is 13.6. The highest BCUT2D eigenvalue weighted by molar-refractivity contribution is 7.97. The van der Waals surface area contributed by atoms with E-state index in [9.17, 15) is 15.0 Å². The van der Waals surface area contributed by atoms with E-state index in [2.05, 4.69) is 5.16 Å². The number of aromatic hydroxyl groups is 2. The van der Waals surface area contributed by atoms with Gasteiger partial charge in [0.25, 0.3) is 0 Å². The molecule has 2 aliphatic heterocycles. The van der Waals surface area contributed by atoms with Gasteiger partial charge in [-0.25, -0.2) is 4.79 Å². The second kappa shape index (κ2) is 5.73. The summed E-state index contributed by atoms with van der Waals surface area (Å²) in [6.45, 7) is 0. The molecular formula is C21H13NO5S. The molecule has 28 heavy (non-hydrogen) atoms. The Hall–Kier alpha value is -3.54. The van der Waals surface area contributed by atoms with Gasteiger partial charge in [-0.15, -0.1) is 11.4 Å². The first-order chi connectivity index (χ1) is 13.5. The van der Waals surface area contributed by atoms with Crippen molar-refractivity contribution >= 4 is 22.5 Å². The molecule has 3 N–H and O–H groups in total. The molecule has 0 saturated heterocycles. The number of carbonyl (C=O) groups excluding carboxylic acids is 1. The number of phenolic OH excluding ortho intramolecular Hbond substituents is 2. The molecule has 2 aliphatic rings. The Morgan fingerprint density at radius 3 is 2.18 bits per heavy atom. The first-order valence-electron chi connectivity index (χ1n) is 8.39. The topological polar surface area (TPSA) is 99.8 Å². The Kier molecular flexibility index (Phi) is 3.40. The fraction of sp³-hybridized carbons (Fsp3) is 0.0476. The fourth-order valence-electron chi connectivity index (χ4n) is 3.88. The average molecular weight is 391 g/mol. The lowest BCUT2D eigenvalue weighted by Crippen LogP contribution is -2.32. The summed E-state index contributed by atoms with van der Waals surface area (Å²) >= 11 is 0.461. The zero-order chi connectivity index (χ0) is 19.5. The van der Waals surface area contributed by atoms with Gasteiger partial charge in [0.05, 0.1) is 5.56 Å². The van der Waals surface area contributed by atoms with Gasteiger partial charge in [0, 0.05) is 38.9 Å². The summed E-state index contributed by atoms with van der Waals surface area (Å²) in [6.07, 6.45) is 0. The zero-order valence-electron chi connectivity index (χ0n) is 14.3. The third-order valence-electron chi connectivity index (χ3n) is 4.96. The average Bonchev–Trinajstić information content (AvgIpc) is 2.96. The van der Waals surface area contributed by atoms with Gasteiger partial charge in [0.15, 0.2) is 5.60 Å². The van der Waals surface area contributed by atoms with Crippen molar-refractivity contribution in [3.63, 3.8) is 0 Å². The second-order valence-corrected chi connectivity index (χ2v) is 7.39. The molecule has 1 spiro atoms. The van der Waals surface area contributed by atoms with Crippen molar-refractivity contribution in [2.75, 3.05) is 0 Å². The molecule has 3 aromatic rings. The van der Waals surface area contributed by atoms with E-state index in [1.54, 1.807) is 24.3 Å². The number of rotatable bonds is 1. The van der Waals surface area contributed by atoms with Crippen LogP contribution < -0.4 is 4.74 Å². The Balaban J connectivity index is 1.91. The minimum atomic E-state index is -1.27. The van der Waals surface area contributed by atoms with Gasteiger partial charge >= 0.3 is 5.97 Å². The Labute approximate surface area is 163 Å². The Bertz CT molecular complexity index is 1180. The molecule has 6 nitrogen and oxygen atoms in total. The quantitative estimate of drug-likeness (QED) is 0.218. The summed E-state index contributed by atoms with van der Waals surface area (Å²) < 4.78 is 11.9. The SMILES string of the molecule is N=C=[SH]c1cccc2c1C(=O)OC21c2ccc(O)cc2Oc2cc(O)ccc21. The van der Waals surface area contributed by atoms with E-state index in [1.165, 1.54) is 24.3 Å². The molecule has 0 bridgehead atoms. The maximum absolute atomic E-state index is 12.9. The molecule has 0 aliphatic carbocycles. The van der Waals surface area contributed by atoms with Crippen LogP contribution in [0.25, 0.3) is 0 Å². The number of nitrogens with one attached hydrogen (secondary N) is 1. The molecule has 0 unspecified atom stereocenters. The van der Waals surface area contributed by atoms with Gasteiger partial charge in [-0.1, -0.05) is 12.1 Å². The lowest BCUT2D eigenvalue weighted by atomic mass is 9.77. The number of hydrogen-bond acceptors (Lipinski definition) is 6. The number of phenols is 2. The van der Waals surface area contributed by atoms with Crippen molar-refractivity contribution in [2.24, 2.45) is 0 Å². The maximum Gasteiger partial charge on any atom is 0.341 e. The highest BCUT2D eigenvalue weighted by Crippen LogP contribution is 2.57. The van der Waals surface area contributed by atoms with E-state index in [0.29, 0.717) is 50.0 Å². The highest BCUT2D eigenvalue weighted by Gasteiger charge is 2.54.